The summed E-state index contributed by atoms with van der Waals surface area (Å²) < 4.78 is 5.19. The molecule has 0 radical (unpaired) electrons. The van der Waals surface area contributed by atoms with Crippen molar-refractivity contribution in [3.63, 3.8) is 0 Å². The number of hydrogen-bond donors (Lipinski definition) is 1. The largest absolute Gasteiger partial charge is 0.459 e. The molecule has 1 aliphatic rings. The first-order chi connectivity index (χ1) is 14.2. The molecule has 2 amide bonds. The molecule has 1 fully saturated rings. The summed E-state index contributed by atoms with van der Waals surface area (Å²) in [5.74, 6) is 0.0995. The number of carbonyl (C=O) groups excluding carboxylic acids is 2. The number of nitrogens with one attached hydrogen (secondary N) is 1. The smallest absolute Gasteiger partial charge is 0.289 e. The van der Waals surface area contributed by atoms with Gasteiger partial charge in [0.1, 0.15) is 10.7 Å². The van der Waals surface area contributed by atoms with E-state index in [0.29, 0.717) is 37.6 Å². The molecule has 0 unspecified atom stereocenters. The quantitative estimate of drug-likeness (QED) is 0.667. The number of amides is 2. The fraction of sp³-hybridized carbons (Fsp3) is 0.300. The van der Waals surface area contributed by atoms with Gasteiger partial charge in [-0.25, -0.2) is 4.98 Å². The van der Waals surface area contributed by atoms with Gasteiger partial charge in [-0.15, -0.1) is 11.3 Å². The third-order valence-corrected chi connectivity index (χ3v) is 5.52. The summed E-state index contributed by atoms with van der Waals surface area (Å²) in [6.07, 6.45) is 3.21. The lowest BCUT2D eigenvalue weighted by atomic mass is 10.3. The zero-order valence-electron chi connectivity index (χ0n) is 15.8. The van der Waals surface area contributed by atoms with Crippen molar-refractivity contribution in [2.75, 3.05) is 26.2 Å². The van der Waals surface area contributed by atoms with Gasteiger partial charge in [0, 0.05) is 37.8 Å². The van der Waals surface area contributed by atoms with Crippen molar-refractivity contribution in [2.45, 2.75) is 13.1 Å². The summed E-state index contributed by atoms with van der Waals surface area (Å²) >= 11 is 1.47. The van der Waals surface area contributed by atoms with E-state index in [1.54, 1.807) is 28.6 Å². The van der Waals surface area contributed by atoms with Crippen LogP contribution in [0.1, 0.15) is 31.7 Å². The Balaban J connectivity index is 1.25. The summed E-state index contributed by atoms with van der Waals surface area (Å²) in [6.45, 7) is 3.84. The highest BCUT2D eigenvalue weighted by atomic mass is 32.1. The number of thiazole rings is 1. The van der Waals surface area contributed by atoms with Gasteiger partial charge in [-0.3, -0.25) is 19.5 Å². The Morgan fingerprint density at radius 2 is 2.00 bits per heavy atom. The summed E-state index contributed by atoms with van der Waals surface area (Å²) in [5, 5.41) is 5.51. The molecule has 8 nitrogen and oxygen atoms in total. The predicted octanol–water partition coefficient (Wildman–Crippen LogP) is 2.02. The van der Waals surface area contributed by atoms with Crippen LogP contribution in [0.5, 0.6) is 0 Å². The van der Waals surface area contributed by atoms with Crippen molar-refractivity contribution in [3.05, 3.63) is 70.3 Å². The van der Waals surface area contributed by atoms with Crippen molar-refractivity contribution in [1.82, 2.24) is 25.1 Å². The lowest BCUT2D eigenvalue weighted by molar-refractivity contribution is 0.0597. The third kappa shape index (κ3) is 4.87. The molecule has 1 N–H and O–H groups in total. The summed E-state index contributed by atoms with van der Waals surface area (Å²) in [4.78, 5) is 37.3. The Morgan fingerprint density at radius 1 is 1.14 bits per heavy atom. The molecule has 3 aromatic heterocycles. The second-order valence-corrected chi connectivity index (χ2v) is 7.62. The second-order valence-electron chi connectivity index (χ2n) is 6.68. The normalized spacial score (nSPS) is 14.7. The van der Waals surface area contributed by atoms with Gasteiger partial charge in [0.25, 0.3) is 11.8 Å². The van der Waals surface area contributed by atoms with Crippen molar-refractivity contribution in [1.29, 1.82) is 0 Å². The first kappa shape index (κ1) is 19.3. The third-order valence-electron chi connectivity index (χ3n) is 4.69. The van der Waals surface area contributed by atoms with E-state index < -0.39 is 0 Å². The van der Waals surface area contributed by atoms with Crippen molar-refractivity contribution in [3.8, 4) is 0 Å². The van der Waals surface area contributed by atoms with E-state index in [4.69, 9.17) is 4.42 Å². The minimum atomic E-state index is -0.202. The zero-order valence-corrected chi connectivity index (χ0v) is 16.6. The summed E-state index contributed by atoms with van der Waals surface area (Å²) in [6, 6.07) is 8.99. The van der Waals surface area contributed by atoms with E-state index in [9.17, 15) is 9.59 Å². The van der Waals surface area contributed by atoms with Crippen LogP contribution >= 0.6 is 11.3 Å². The molecule has 0 spiro atoms. The maximum absolute atomic E-state index is 12.3. The monoisotopic (exact) mass is 411 g/mol. The maximum Gasteiger partial charge on any atom is 0.289 e. The van der Waals surface area contributed by atoms with Crippen LogP contribution in [0.4, 0.5) is 0 Å². The zero-order chi connectivity index (χ0) is 20.1. The van der Waals surface area contributed by atoms with Gasteiger partial charge >= 0.3 is 0 Å². The van der Waals surface area contributed by atoms with Crippen LogP contribution in [0.15, 0.2) is 52.6 Å². The lowest BCUT2D eigenvalue weighted by Gasteiger charge is -2.33. The number of pyridine rings is 1. The van der Waals surface area contributed by atoms with Crippen LogP contribution < -0.4 is 5.32 Å². The van der Waals surface area contributed by atoms with E-state index in [1.807, 2.05) is 18.2 Å². The molecule has 4 heterocycles. The number of rotatable bonds is 6. The Morgan fingerprint density at radius 3 is 2.72 bits per heavy atom. The fourth-order valence-corrected chi connectivity index (χ4v) is 3.92. The minimum Gasteiger partial charge on any atom is -0.459 e. The fourth-order valence-electron chi connectivity index (χ4n) is 3.11. The van der Waals surface area contributed by atoms with E-state index in [-0.39, 0.29) is 11.8 Å². The van der Waals surface area contributed by atoms with E-state index in [0.717, 1.165) is 23.8 Å². The number of carbonyl (C=O) groups is 2. The molecule has 1 aliphatic heterocycles. The molecule has 150 valence electrons. The van der Waals surface area contributed by atoms with Gasteiger partial charge < -0.3 is 14.6 Å². The van der Waals surface area contributed by atoms with E-state index >= 15 is 0 Å². The number of piperazine rings is 1. The number of furan rings is 1. The van der Waals surface area contributed by atoms with Crippen LogP contribution in [-0.2, 0) is 13.1 Å². The first-order valence-electron chi connectivity index (χ1n) is 9.37. The number of hydrogen-bond acceptors (Lipinski definition) is 7. The van der Waals surface area contributed by atoms with Crippen molar-refractivity contribution in [2.24, 2.45) is 0 Å². The highest BCUT2D eigenvalue weighted by Gasteiger charge is 2.24. The van der Waals surface area contributed by atoms with Crippen molar-refractivity contribution >= 4 is 23.2 Å². The molecule has 4 rings (SSSR count). The molecule has 9 heteroatoms. The average molecular weight is 411 g/mol. The molecule has 0 aromatic carbocycles. The molecule has 3 aromatic rings. The molecular weight excluding hydrogens is 390 g/mol. The lowest BCUT2D eigenvalue weighted by Crippen LogP contribution is -2.48. The average Bonchev–Trinajstić information content (AvgIpc) is 3.45. The van der Waals surface area contributed by atoms with Gasteiger partial charge in [-0.2, -0.15) is 0 Å². The Bertz CT molecular complexity index is 950. The molecule has 0 aliphatic carbocycles. The van der Waals surface area contributed by atoms with Gasteiger partial charge in [0.05, 0.1) is 25.0 Å². The van der Waals surface area contributed by atoms with Crippen LogP contribution in [0.25, 0.3) is 0 Å². The van der Waals surface area contributed by atoms with Gasteiger partial charge in [-0.1, -0.05) is 6.07 Å². The van der Waals surface area contributed by atoms with Crippen molar-refractivity contribution < 1.29 is 14.0 Å². The van der Waals surface area contributed by atoms with Crippen LogP contribution in [0, 0.1) is 0 Å². The molecule has 29 heavy (non-hydrogen) atoms. The summed E-state index contributed by atoms with van der Waals surface area (Å²) in [5.41, 5.74) is 1.23. The standard InChI is InChI=1S/C20H21N5O3S/c26-19(22-12-15-4-1-2-6-21-15)16-14-29-18(23-16)13-24-7-9-25(10-8-24)20(27)17-5-3-11-28-17/h1-6,11,14H,7-10,12-13H2,(H,22,26). The maximum atomic E-state index is 12.3. The number of nitrogens with zero attached hydrogens (tertiary/aromatic N) is 4. The molecule has 0 atom stereocenters. The number of aromatic nitrogens is 2. The van der Waals surface area contributed by atoms with Gasteiger partial charge in [-0.05, 0) is 24.3 Å². The van der Waals surface area contributed by atoms with Gasteiger partial charge in [0.2, 0.25) is 0 Å². The molecule has 0 saturated carbocycles. The van der Waals surface area contributed by atoms with Crippen LogP contribution in [0.2, 0.25) is 0 Å². The SMILES string of the molecule is O=C(NCc1ccccn1)c1csc(CN2CCN(C(=O)c3ccco3)CC2)n1. The molecule has 1 saturated heterocycles. The van der Waals surface area contributed by atoms with E-state index in [1.165, 1.54) is 17.6 Å². The Hall–Kier alpha value is -3.04. The van der Waals surface area contributed by atoms with Crippen LogP contribution in [0.3, 0.4) is 0 Å². The topological polar surface area (TPSA) is 91.6 Å². The van der Waals surface area contributed by atoms with E-state index in [2.05, 4.69) is 20.2 Å². The highest BCUT2D eigenvalue weighted by Crippen LogP contribution is 2.15. The summed E-state index contributed by atoms with van der Waals surface area (Å²) in [7, 11) is 0. The second kappa shape index (κ2) is 8.97. The van der Waals surface area contributed by atoms with Crippen LogP contribution in [-0.4, -0.2) is 57.8 Å². The Kier molecular flexibility index (Phi) is 5.97. The van der Waals surface area contributed by atoms with Gasteiger partial charge in [0.15, 0.2) is 5.76 Å². The Labute approximate surface area is 172 Å². The minimum absolute atomic E-state index is 0.0734. The molecule has 0 bridgehead atoms. The predicted molar refractivity (Wildman–Crippen MR) is 107 cm³/mol. The molecular formula is C20H21N5O3S. The first-order valence-corrected chi connectivity index (χ1v) is 10.2. The highest BCUT2D eigenvalue weighted by molar-refractivity contribution is 7.09.